The van der Waals surface area contributed by atoms with Gasteiger partial charge in [0.15, 0.2) is 5.65 Å². The van der Waals surface area contributed by atoms with E-state index < -0.39 is 17.6 Å². The molecule has 0 aliphatic carbocycles. The van der Waals surface area contributed by atoms with E-state index >= 15 is 0 Å². The second-order valence-electron chi connectivity index (χ2n) is 8.43. The molecule has 37 heavy (non-hydrogen) atoms. The van der Waals surface area contributed by atoms with Crippen molar-refractivity contribution in [3.63, 3.8) is 0 Å². The van der Waals surface area contributed by atoms with Crippen LogP contribution >= 0.6 is 11.6 Å². The molecular weight excluding hydrogens is 501 g/mol. The first-order valence-electron chi connectivity index (χ1n) is 11.4. The summed E-state index contributed by atoms with van der Waals surface area (Å²) in [5.41, 5.74) is 4.50. The third kappa shape index (κ3) is 5.06. The highest BCUT2D eigenvalue weighted by Gasteiger charge is 2.30. The normalized spacial score (nSPS) is 11.6. The predicted octanol–water partition coefficient (Wildman–Crippen LogP) is 7.55. The second kappa shape index (κ2) is 9.71. The van der Waals surface area contributed by atoms with Crippen LogP contribution in [0.4, 0.5) is 18.9 Å². The number of carbonyl (C=O) groups is 1. The number of carbonyl (C=O) groups excluding carboxylic acids is 1. The summed E-state index contributed by atoms with van der Waals surface area (Å²) in [5, 5.41) is 3.08. The molecule has 1 N–H and O–H groups in total. The Labute approximate surface area is 215 Å². The molecular formula is C28H20ClF3N4O. The van der Waals surface area contributed by atoms with E-state index in [9.17, 15) is 18.0 Å². The average Bonchev–Trinajstić information content (AvgIpc) is 3.32. The van der Waals surface area contributed by atoms with Crippen molar-refractivity contribution < 1.29 is 18.0 Å². The van der Waals surface area contributed by atoms with Crippen LogP contribution in [0.1, 0.15) is 28.4 Å². The molecule has 0 saturated heterocycles. The number of halogens is 4. The van der Waals surface area contributed by atoms with Gasteiger partial charge in [-0.2, -0.15) is 13.2 Å². The molecule has 5 nitrogen and oxygen atoms in total. The molecule has 0 saturated carbocycles. The van der Waals surface area contributed by atoms with Crippen LogP contribution in [0.3, 0.4) is 0 Å². The van der Waals surface area contributed by atoms with Gasteiger partial charge < -0.3 is 5.32 Å². The summed E-state index contributed by atoms with van der Waals surface area (Å²) in [5.74, 6) is -0.514. The molecule has 9 heteroatoms. The summed E-state index contributed by atoms with van der Waals surface area (Å²) in [4.78, 5) is 21.5. The third-order valence-corrected chi connectivity index (χ3v) is 6.24. The van der Waals surface area contributed by atoms with Crippen LogP contribution in [-0.2, 0) is 12.6 Å². The Balaban J connectivity index is 1.52. The average molecular weight is 521 g/mol. The maximum absolute atomic E-state index is 13.1. The zero-order valence-corrected chi connectivity index (χ0v) is 20.3. The fourth-order valence-corrected chi connectivity index (χ4v) is 4.46. The molecule has 2 aromatic heterocycles. The standard InChI is InChI=1S/C28H20ClF3N4O/c1-2-17-6-7-18(27(37)35-23-5-3-4-21(14-23)28(30,31)32)13-24(17)19-10-20(12-22(29)11-19)25-15-34-26-16-33-8-9-36(25)26/h3-16H,2H2,1H3,(H,35,37). The lowest BCUT2D eigenvalue weighted by Crippen LogP contribution is -2.13. The highest BCUT2D eigenvalue weighted by atomic mass is 35.5. The summed E-state index contributed by atoms with van der Waals surface area (Å²) in [6, 6.07) is 15.4. The van der Waals surface area contributed by atoms with E-state index in [2.05, 4.69) is 15.3 Å². The van der Waals surface area contributed by atoms with Gasteiger partial charge >= 0.3 is 6.18 Å². The minimum absolute atomic E-state index is 0.0630. The van der Waals surface area contributed by atoms with Gasteiger partial charge in [0, 0.05) is 34.2 Å². The summed E-state index contributed by atoms with van der Waals surface area (Å²) in [6.45, 7) is 2.00. The number of alkyl halides is 3. The maximum Gasteiger partial charge on any atom is 0.416 e. The number of nitrogens with one attached hydrogen (secondary N) is 1. The minimum Gasteiger partial charge on any atom is -0.322 e. The van der Waals surface area contributed by atoms with E-state index in [1.54, 1.807) is 30.7 Å². The Bertz CT molecular complexity index is 1630. The van der Waals surface area contributed by atoms with Crippen molar-refractivity contribution >= 4 is 28.8 Å². The Kier molecular flexibility index (Phi) is 6.43. The lowest BCUT2D eigenvalue weighted by Gasteiger charge is -2.14. The first-order chi connectivity index (χ1) is 17.7. The molecule has 0 bridgehead atoms. The highest BCUT2D eigenvalue weighted by molar-refractivity contribution is 6.31. The summed E-state index contributed by atoms with van der Waals surface area (Å²) < 4.78 is 41.1. The first kappa shape index (κ1) is 24.5. The van der Waals surface area contributed by atoms with E-state index in [1.165, 1.54) is 12.1 Å². The molecule has 0 fully saturated rings. The van der Waals surface area contributed by atoms with Crippen molar-refractivity contribution in [3.8, 4) is 22.4 Å². The maximum atomic E-state index is 13.1. The number of hydrogen-bond donors (Lipinski definition) is 1. The molecule has 0 spiro atoms. The summed E-state index contributed by atoms with van der Waals surface area (Å²) in [6.07, 6.45) is 3.09. The Morgan fingerprint density at radius 3 is 2.62 bits per heavy atom. The van der Waals surface area contributed by atoms with Gasteiger partial charge in [-0.25, -0.2) is 4.98 Å². The van der Waals surface area contributed by atoms with Gasteiger partial charge in [-0.3, -0.25) is 14.2 Å². The second-order valence-corrected chi connectivity index (χ2v) is 8.87. The zero-order chi connectivity index (χ0) is 26.2. The van der Waals surface area contributed by atoms with Gasteiger partial charge in [-0.05, 0) is 71.6 Å². The minimum atomic E-state index is -4.50. The Hall–Kier alpha value is -4.17. The highest BCUT2D eigenvalue weighted by Crippen LogP contribution is 2.34. The predicted molar refractivity (Wildman–Crippen MR) is 138 cm³/mol. The lowest BCUT2D eigenvalue weighted by molar-refractivity contribution is -0.137. The van der Waals surface area contributed by atoms with Crippen LogP contribution in [0, 0.1) is 0 Å². The number of nitrogens with zero attached hydrogens (tertiary/aromatic N) is 3. The quantitative estimate of drug-likeness (QED) is 0.260. The van der Waals surface area contributed by atoms with Gasteiger partial charge in [-0.15, -0.1) is 0 Å². The number of imidazole rings is 1. The number of hydrogen-bond acceptors (Lipinski definition) is 3. The van der Waals surface area contributed by atoms with Crippen molar-refractivity contribution in [2.75, 3.05) is 5.32 Å². The summed E-state index contributed by atoms with van der Waals surface area (Å²) in [7, 11) is 0. The largest absolute Gasteiger partial charge is 0.416 e. The fourth-order valence-electron chi connectivity index (χ4n) is 4.22. The molecule has 1 amide bonds. The van der Waals surface area contributed by atoms with Crippen molar-refractivity contribution in [3.05, 3.63) is 107 Å². The molecule has 186 valence electrons. The molecule has 5 aromatic rings. The van der Waals surface area contributed by atoms with E-state index in [1.807, 2.05) is 41.8 Å². The lowest BCUT2D eigenvalue weighted by atomic mass is 9.94. The number of benzene rings is 3. The molecule has 3 aromatic carbocycles. The SMILES string of the molecule is CCc1ccc(C(=O)Nc2cccc(C(F)(F)F)c2)cc1-c1cc(Cl)cc(-c2cnc3cnccn23)c1. The monoisotopic (exact) mass is 520 g/mol. The number of aromatic nitrogens is 3. The third-order valence-electron chi connectivity index (χ3n) is 6.02. The van der Waals surface area contributed by atoms with E-state index in [4.69, 9.17) is 11.6 Å². The number of fused-ring (bicyclic) bond motifs is 1. The molecule has 2 heterocycles. The molecule has 0 aliphatic rings. The van der Waals surface area contributed by atoms with Gasteiger partial charge in [-0.1, -0.05) is 30.7 Å². The van der Waals surface area contributed by atoms with Crippen molar-refractivity contribution in [2.45, 2.75) is 19.5 Å². The first-order valence-corrected chi connectivity index (χ1v) is 11.8. The van der Waals surface area contributed by atoms with Crippen LogP contribution < -0.4 is 5.32 Å². The van der Waals surface area contributed by atoms with Crippen LogP contribution in [-0.4, -0.2) is 20.3 Å². The van der Waals surface area contributed by atoms with Crippen molar-refractivity contribution in [1.82, 2.24) is 14.4 Å². The van der Waals surface area contributed by atoms with Crippen LogP contribution in [0.25, 0.3) is 28.0 Å². The number of amides is 1. The molecule has 0 atom stereocenters. The molecule has 0 aliphatic heterocycles. The van der Waals surface area contributed by atoms with Crippen LogP contribution in [0.2, 0.25) is 5.02 Å². The number of anilines is 1. The fraction of sp³-hybridized carbons (Fsp3) is 0.107. The van der Waals surface area contributed by atoms with E-state index in [0.29, 0.717) is 22.7 Å². The van der Waals surface area contributed by atoms with Gasteiger partial charge in [0.2, 0.25) is 0 Å². The Morgan fingerprint density at radius 2 is 1.84 bits per heavy atom. The van der Waals surface area contributed by atoms with E-state index in [0.717, 1.165) is 40.1 Å². The number of rotatable bonds is 5. The molecule has 0 radical (unpaired) electrons. The van der Waals surface area contributed by atoms with Crippen molar-refractivity contribution in [1.29, 1.82) is 0 Å². The van der Waals surface area contributed by atoms with Crippen LogP contribution in [0.15, 0.2) is 85.5 Å². The van der Waals surface area contributed by atoms with Gasteiger partial charge in [0.05, 0.1) is 23.7 Å². The zero-order valence-electron chi connectivity index (χ0n) is 19.6. The van der Waals surface area contributed by atoms with E-state index in [-0.39, 0.29) is 5.69 Å². The van der Waals surface area contributed by atoms with Gasteiger partial charge in [0.1, 0.15) is 0 Å². The smallest absolute Gasteiger partial charge is 0.322 e. The van der Waals surface area contributed by atoms with Gasteiger partial charge in [0.25, 0.3) is 5.91 Å². The molecule has 5 rings (SSSR count). The Morgan fingerprint density at radius 1 is 1.03 bits per heavy atom. The number of aryl methyl sites for hydroxylation is 1. The topological polar surface area (TPSA) is 59.3 Å². The summed E-state index contributed by atoms with van der Waals surface area (Å²) >= 11 is 6.51. The molecule has 0 unspecified atom stereocenters. The van der Waals surface area contributed by atoms with Crippen LogP contribution in [0.5, 0.6) is 0 Å². The van der Waals surface area contributed by atoms with Crippen molar-refractivity contribution in [2.24, 2.45) is 0 Å².